The van der Waals surface area contributed by atoms with Crippen molar-refractivity contribution in [2.24, 2.45) is 0 Å². The molecular weight excluding hydrogens is 346 g/mol. The second-order valence-electron chi connectivity index (χ2n) is 5.61. The lowest BCUT2D eigenvalue weighted by atomic mass is 10.1. The van der Waals surface area contributed by atoms with E-state index in [1.165, 1.54) is 18.2 Å². The van der Waals surface area contributed by atoms with E-state index in [-0.39, 0.29) is 12.3 Å². The van der Waals surface area contributed by atoms with Crippen molar-refractivity contribution in [3.63, 3.8) is 0 Å². The molecule has 2 aromatic carbocycles. The molecule has 0 N–H and O–H groups in total. The molecule has 0 saturated heterocycles. The van der Waals surface area contributed by atoms with Crippen LogP contribution in [-0.4, -0.2) is 27.3 Å². The Morgan fingerprint density at radius 2 is 2.00 bits per heavy atom. The van der Waals surface area contributed by atoms with Gasteiger partial charge in [-0.3, -0.25) is 10.1 Å². The highest BCUT2D eigenvalue weighted by Crippen LogP contribution is 2.27. The number of non-ortho nitro benzene ring substituents is 1. The topological polar surface area (TPSA) is 87.3 Å². The highest BCUT2D eigenvalue weighted by atomic mass is 16.6. The Balaban J connectivity index is 2.07. The van der Waals surface area contributed by atoms with E-state index in [1.54, 1.807) is 36.0 Å². The van der Waals surface area contributed by atoms with Crippen molar-refractivity contribution in [3.05, 3.63) is 82.5 Å². The Labute approximate surface area is 155 Å². The molecule has 0 saturated carbocycles. The Morgan fingerprint density at radius 3 is 2.70 bits per heavy atom. The Bertz CT molecular complexity index is 993. The largest absolute Gasteiger partial charge is 0.463 e. The molecule has 3 aromatic rings. The van der Waals surface area contributed by atoms with E-state index in [2.05, 4.69) is 5.10 Å². The van der Waals surface area contributed by atoms with Crippen molar-refractivity contribution in [1.82, 2.24) is 9.78 Å². The van der Waals surface area contributed by atoms with Gasteiger partial charge in [0, 0.05) is 35.5 Å². The number of carbonyl (C=O) groups excluding carboxylic acids is 1. The summed E-state index contributed by atoms with van der Waals surface area (Å²) in [5, 5.41) is 15.7. The molecule has 7 nitrogen and oxygen atoms in total. The van der Waals surface area contributed by atoms with E-state index in [0.717, 1.165) is 5.69 Å². The molecule has 136 valence electrons. The smallest absolute Gasteiger partial charge is 0.330 e. The predicted octanol–water partition coefficient (Wildman–Crippen LogP) is 4.02. The van der Waals surface area contributed by atoms with Gasteiger partial charge in [0.15, 0.2) is 0 Å². The number of hydrogen-bond donors (Lipinski definition) is 0. The van der Waals surface area contributed by atoms with Crippen LogP contribution in [0.4, 0.5) is 5.69 Å². The molecule has 0 aliphatic carbocycles. The molecule has 0 spiro atoms. The summed E-state index contributed by atoms with van der Waals surface area (Å²) in [5.41, 5.74) is 2.57. The van der Waals surface area contributed by atoms with E-state index in [4.69, 9.17) is 4.74 Å². The third-order valence-electron chi connectivity index (χ3n) is 3.78. The predicted molar refractivity (Wildman–Crippen MR) is 101 cm³/mol. The normalized spacial score (nSPS) is 10.9. The SMILES string of the molecule is CCOC(=O)/C=C\c1cn(-c2ccccc2)nc1-c1cccc([N+](=O)[O-])c1. The van der Waals surface area contributed by atoms with E-state index in [9.17, 15) is 14.9 Å². The summed E-state index contributed by atoms with van der Waals surface area (Å²) in [7, 11) is 0. The first-order valence-electron chi connectivity index (χ1n) is 8.33. The number of rotatable bonds is 6. The first-order valence-corrected chi connectivity index (χ1v) is 8.33. The number of ether oxygens (including phenoxy) is 1. The van der Waals surface area contributed by atoms with E-state index < -0.39 is 10.9 Å². The monoisotopic (exact) mass is 363 g/mol. The number of carbonyl (C=O) groups is 1. The summed E-state index contributed by atoms with van der Waals surface area (Å²) in [6, 6.07) is 15.7. The number of nitrogens with zero attached hydrogens (tertiary/aromatic N) is 3. The van der Waals surface area contributed by atoms with Crippen LogP contribution in [0.5, 0.6) is 0 Å². The molecule has 0 amide bonds. The van der Waals surface area contributed by atoms with Gasteiger partial charge >= 0.3 is 5.97 Å². The van der Waals surface area contributed by atoms with Gasteiger partial charge in [-0.05, 0) is 25.1 Å². The van der Waals surface area contributed by atoms with Crippen molar-refractivity contribution in [1.29, 1.82) is 0 Å². The number of para-hydroxylation sites is 1. The van der Waals surface area contributed by atoms with Crippen molar-refractivity contribution in [2.75, 3.05) is 6.61 Å². The average molecular weight is 363 g/mol. The van der Waals surface area contributed by atoms with Crippen molar-refractivity contribution in [2.45, 2.75) is 6.92 Å². The minimum Gasteiger partial charge on any atom is -0.463 e. The molecule has 1 heterocycles. The van der Waals surface area contributed by atoms with Gasteiger partial charge < -0.3 is 4.74 Å². The fourth-order valence-corrected chi connectivity index (χ4v) is 2.56. The maximum atomic E-state index is 11.7. The quantitative estimate of drug-likeness (QED) is 0.286. The van der Waals surface area contributed by atoms with E-state index in [1.807, 2.05) is 30.3 Å². The lowest BCUT2D eigenvalue weighted by Crippen LogP contribution is -1.98. The number of aromatic nitrogens is 2. The zero-order valence-electron chi connectivity index (χ0n) is 14.6. The molecule has 3 rings (SSSR count). The zero-order valence-corrected chi connectivity index (χ0v) is 14.6. The molecule has 1 aromatic heterocycles. The summed E-state index contributed by atoms with van der Waals surface area (Å²) < 4.78 is 6.57. The minimum atomic E-state index is -0.463. The Morgan fingerprint density at radius 1 is 1.22 bits per heavy atom. The van der Waals surface area contributed by atoms with Crippen molar-refractivity contribution in [3.8, 4) is 16.9 Å². The summed E-state index contributed by atoms with van der Waals surface area (Å²) in [4.78, 5) is 22.3. The van der Waals surface area contributed by atoms with Gasteiger partial charge in [0.1, 0.15) is 5.69 Å². The molecule has 0 fully saturated rings. The van der Waals surface area contributed by atoms with Gasteiger partial charge in [-0.1, -0.05) is 30.3 Å². The van der Waals surface area contributed by atoms with Crippen LogP contribution in [0.2, 0.25) is 0 Å². The van der Waals surface area contributed by atoms with E-state index in [0.29, 0.717) is 16.8 Å². The van der Waals surface area contributed by atoms with Gasteiger partial charge in [0.2, 0.25) is 0 Å². The number of benzene rings is 2. The maximum Gasteiger partial charge on any atom is 0.330 e. The highest BCUT2D eigenvalue weighted by molar-refractivity contribution is 5.88. The Kier molecular flexibility index (Phi) is 5.41. The van der Waals surface area contributed by atoms with Gasteiger partial charge in [-0.25, -0.2) is 9.48 Å². The van der Waals surface area contributed by atoms with Crippen LogP contribution in [0.15, 0.2) is 66.9 Å². The molecule has 0 bridgehead atoms. The zero-order chi connectivity index (χ0) is 19.2. The number of nitro benzene ring substituents is 1. The van der Waals surface area contributed by atoms with Crippen LogP contribution >= 0.6 is 0 Å². The van der Waals surface area contributed by atoms with Crippen LogP contribution in [0.3, 0.4) is 0 Å². The van der Waals surface area contributed by atoms with Gasteiger partial charge in [0.05, 0.1) is 17.2 Å². The van der Waals surface area contributed by atoms with Crippen molar-refractivity contribution >= 4 is 17.7 Å². The second kappa shape index (κ2) is 8.09. The first kappa shape index (κ1) is 18.1. The Hall–Kier alpha value is -3.74. The summed E-state index contributed by atoms with van der Waals surface area (Å²) in [6.07, 6.45) is 4.68. The molecule has 0 unspecified atom stereocenters. The standard InChI is InChI=1S/C20H17N3O4/c1-2-27-19(24)12-11-16-14-22(17-8-4-3-5-9-17)21-20(16)15-7-6-10-18(13-15)23(25)26/h3-14H,2H2,1H3/b12-11-. The minimum absolute atomic E-state index is 0.0258. The van der Waals surface area contributed by atoms with E-state index >= 15 is 0 Å². The number of nitro groups is 1. The fraction of sp³-hybridized carbons (Fsp3) is 0.100. The first-order chi connectivity index (χ1) is 13.1. The summed E-state index contributed by atoms with van der Waals surface area (Å²) in [6.45, 7) is 2.01. The number of hydrogen-bond acceptors (Lipinski definition) is 5. The summed E-state index contributed by atoms with van der Waals surface area (Å²) >= 11 is 0. The third-order valence-corrected chi connectivity index (χ3v) is 3.78. The average Bonchev–Trinajstić information content (AvgIpc) is 3.12. The second-order valence-corrected chi connectivity index (χ2v) is 5.61. The number of esters is 1. The van der Waals surface area contributed by atoms with Gasteiger partial charge in [0.25, 0.3) is 5.69 Å². The van der Waals surface area contributed by atoms with Crippen LogP contribution in [0.25, 0.3) is 23.0 Å². The van der Waals surface area contributed by atoms with Crippen LogP contribution in [0.1, 0.15) is 12.5 Å². The van der Waals surface area contributed by atoms with Crippen LogP contribution < -0.4 is 0 Å². The lowest BCUT2D eigenvalue weighted by molar-refractivity contribution is -0.384. The third kappa shape index (κ3) is 4.27. The fourth-order valence-electron chi connectivity index (χ4n) is 2.56. The maximum absolute atomic E-state index is 11.7. The molecule has 7 heteroatoms. The molecule has 0 atom stereocenters. The van der Waals surface area contributed by atoms with Gasteiger partial charge in [-0.2, -0.15) is 5.10 Å². The molecule has 27 heavy (non-hydrogen) atoms. The van der Waals surface area contributed by atoms with Crippen molar-refractivity contribution < 1.29 is 14.5 Å². The molecule has 0 radical (unpaired) electrons. The van der Waals surface area contributed by atoms with Gasteiger partial charge in [-0.15, -0.1) is 0 Å². The summed E-state index contributed by atoms with van der Waals surface area (Å²) in [5.74, 6) is -0.463. The lowest BCUT2D eigenvalue weighted by Gasteiger charge is -2.01. The van der Waals surface area contributed by atoms with Crippen LogP contribution in [0, 0.1) is 10.1 Å². The van der Waals surface area contributed by atoms with Crippen LogP contribution in [-0.2, 0) is 9.53 Å². The molecule has 0 aliphatic heterocycles. The molecular formula is C20H17N3O4. The highest BCUT2D eigenvalue weighted by Gasteiger charge is 2.14. The molecule has 0 aliphatic rings.